The van der Waals surface area contributed by atoms with Crippen LogP contribution in [0.25, 0.3) is 0 Å². The molecule has 0 aromatic carbocycles. The van der Waals surface area contributed by atoms with Crippen LogP contribution in [0.2, 0.25) is 0 Å². The Bertz CT molecular complexity index is 272. The highest BCUT2D eigenvalue weighted by molar-refractivity contribution is 4.94. The van der Waals surface area contributed by atoms with Crippen LogP contribution in [-0.4, -0.2) is 18.8 Å². The summed E-state index contributed by atoms with van der Waals surface area (Å²) < 4.78 is 37.7. The Morgan fingerprint density at radius 3 is 2.33 bits per heavy atom. The van der Waals surface area contributed by atoms with Gasteiger partial charge in [0.05, 0.1) is 5.92 Å². The highest BCUT2D eigenvalue weighted by Gasteiger charge is 2.42. The van der Waals surface area contributed by atoms with E-state index in [1.165, 1.54) is 0 Å². The summed E-state index contributed by atoms with van der Waals surface area (Å²) in [5.41, 5.74) is 0. The van der Waals surface area contributed by atoms with E-state index in [0.717, 1.165) is 13.0 Å². The van der Waals surface area contributed by atoms with Crippen LogP contribution in [0.5, 0.6) is 0 Å². The summed E-state index contributed by atoms with van der Waals surface area (Å²) in [6, 6.07) is 0.184. The van der Waals surface area contributed by atoms with Gasteiger partial charge in [-0.3, -0.25) is 0 Å². The zero-order chi connectivity index (χ0) is 13.6. The molecule has 1 aliphatic rings. The van der Waals surface area contributed by atoms with Gasteiger partial charge in [-0.2, -0.15) is 13.2 Å². The van der Waals surface area contributed by atoms with Crippen molar-refractivity contribution >= 4 is 0 Å². The molecule has 0 aliphatic heterocycles. The van der Waals surface area contributed by atoms with Crippen molar-refractivity contribution in [2.24, 2.45) is 11.8 Å². The van der Waals surface area contributed by atoms with Gasteiger partial charge in [0.25, 0.3) is 0 Å². The summed E-state index contributed by atoms with van der Waals surface area (Å²) in [5, 5.41) is 3.37. The molecule has 0 bridgehead atoms. The van der Waals surface area contributed by atoms with Crippen molar-refractivity contribution in [2.75, 3.05) is 6.54 Å². The first kappa shape index (κ1) is 15.4. The summed E-state index contributed by atoms with van der Waals surface area (Å²) in [6.07, 6.45) is 4.71. The molecule has 1 nitrogen and oxygen atoms in total. The molecule has 18 heavy (non-hydrogen) atoms. The fourth-order valence-corrected chi connectivity index (χ4v) is 2.71. The van der Waals surface area contributed by atoms with Gasteiger partial charge in [-0.15, -0.1) is 12.3 Å². The van der Waals surface area contributed by atoms with Crippen LogP contribution in [0.4, 0.5) is 13.2 Å². The van der Waals surface area contributed by atoms with E-state index in [1.54, 1.807) is 0 Å². The first-order valence-corrected chi connectivity index (χ1v) is 6.72. The SMILES string of the molecule is C#CCC(NCCC)C1CCC(C(F)(F)F)CC1. The average Bonchev–Trinajstić information content (AvgIpc) is 2.33. The lowest BCUT2D eigenvalue weighted by atomic mass is 9.77. The minimum absolute atomic E-state index is 0.184. The summed E-state index contributed by atoms with van der Waals surface area (Å²) in [4.78, 5) is 0. The van der Waals surface area contributed by atoms with Crippen LogP contribution in [0, 0.1) is 24.2 Å². The predicted molar refractivity (Wildman–Crippen MR) is 67.0 cm³/mol. The summed E-state index contributed by atoms with van der Waals surface area (Å²) >= 11 is 0. The van der Waals surface area contributed by atoms with Crippen molar-refractivity contribution in [2.45, 2.75) is 57.7 Å². The number of alkyl halides is 3. The van der Waals surface area contributed by atoms with Crippen molar-refractivity contribution in [3.63, 3.8) is 0 Å². The van der Waals surface area contributed by atoms with Crippen LogP contribution >= 0.6 is 0 Å². The van der Waals surface area contributed by atoms with Crippen LogP contribution in [-0.2, 0) is 0 Å². The second kappa shape index (κ2) is 7.04. The van der Waals surface area contributed by atoms with Gasteiger partial charge in [0, 0.05) is 12.5 Å². The molecule has 0 amide bonds. The van der Waals surface area contributed by atoms with Crippen LogP contribution < -0.4 is 5.32 Å². The summed E-state index contributed by atoms with van der Waals surface area (Å²) in [7, 11) is 0. The molecule has 4 heteroatoms. The highest BCUT2D eigenvalue weighted by atomic mass is 19.4. The standard InChI is InChI=1S/C14H22F3N/c1-3-5-13(18-10-4-2)11-6-8-12(9-7-11)14(15,16)17/h1,11-13,18H,4-10H2,2H3. The lowest BCUT2D eigenvalue weighted by Crippen LogP contribution is -2.40. The second-order valence-electron chi connectivity index (χ2n) is 5.12. The third kappa shape index (κ3) is 4.53. The molecule has 1 saturated carbocycles. The molecule has 0 spiro atoms. The Morgan fingerprint density at radius 2 is 1.89 bits per heavy atom. The Hall–Kier alpha value is -0.690. The largest absolute Gasteiger partial charge is 0.391 e. The molecule has 104 valence electrons. The van der Waals surface area contributed by atoms with Crippen LogP contribution in [0.15, 0.2) is 0 Å². The Morgan fingerprint density at radius 1 is 1.28 bits per heavy atom. The molecule has 1 rings (SSSR count). The normalized spacial score (nSPS) is 26.6. The molecule has 1 atom stereocenters. The topological polar surface area (TPSA) is 12.0 Å². The molecular formula is C14H22F3N. The van der Waals surface area contributed by atoms with Crippen molar-refractivity contribution < 1.29 is 13.2 Å². The molecule has 0 aromatic heterocycles. The number of nitrogens with one attached hydrogen (secondary N) is 1. The molecular weight excluding hydrogens is 239 g/mol. The van der Waals surface area contributed by atoms with E-state index < -0.39 is 12.1 Å². The smallest absolute Gasteiger partial charge is 0.313 e. The van der Waals surface area contributed by atoms with Gasteiger partial charge in [-0.1, -0.05) is 6.92 Å². The van der Waals surface area contributed by atoms with Crippen molar-refractivity contribution in [1.29, 1.82) is 0 Å². The Labute approximate surface area is 108 Å². The molecule has 0 aromatic rings. The summed E-state index contributed by atoms with van der Waals surface area (Å²) in [6.45, 7) is 2.95. The molecule has 1 N–H and O–H groups in total. The maximum atomic E-state index is 12.6. The van der Waals surface area contributed by atoms with Crippen molar-refractivity contribution in [3.05, 3.63) is 0 Å². The third-order valence-corrected chi connectivity index (χ3v) is 3.80. The van der Waals surface area contributed by atoms with Gasteiger partial charge in [0.15, 0.2) is 0 Å². The predicted octanol–water partition coefficient (Wildman–Crippen LogP) is 3.75. The van der Waals surface area contributed by atoms with E-state index in [4.69, 9.17) is 6.42 Å². The number of terminal acetylenes is 1. The number of halogens is 3. The maximum Gasteiger partial charge on any atom is 0.391 e. The first-order chi connectivity index (χ1) is 8.49. The minimum atomic E-state index is -4.02. The van der Waals surface area contributed by atoms with Crippen LogP contribution in [0.3, 0.4) is 0 Å². The van der Waals surface area contributed by atoms with Crippen LogP contribution in [0.1, 0.15) is 45.4 Å². The van der Waals surface area contributed by atoms with Gasteiger partial charge in [0.2, 0.25) is 0 Å². The average molecular weight is 261 g/mol. The van der Waals surface area contributed by atoms with Crippen molar-refractivity contribution in [1.82, 2.24) is 5.32 Å². The Kier molecular flexibility index (Phi) is 6.01. The lowest BCUT2D eigenvalue weighted by Gasteiger charge is -2.34. The molecule has 0 saturated heterocycles. The van der Waals surface area contributed by atoms with Gasteiger partial charge < -0.3 is 5.32 Å². The second-order valence-corrected chi connectivity index (χ2v) is 5.12. The maximum absolute atomic E-state index is 12.6. The van der Waals surface area contributed by atoms with E-state index in [2.05, 4.69) is 18.2 Å². The molecule has 0 radical (unpaired) electrons. The number of rotatable bonds is 5. The van der Waals surface area contributed by atoms with E-state index in [9.17, 15) is 13.2 Å². The molecule has 0 heterocycles. The summed E-state index contributed by atoms with van der Waals surface area (Å²) in [5.74, 6) is 1.82. The molecule has 1 unspecified atom stereocenters. The molecule has 1 aliphatic carbocycles. The molecule has 1 fully saturated rings. The van der Waals surface area contributed by atoms with E-state index >= 15 is 0 Å². The van der Waals surface area contributed by atoms with Gasteiger partial charge in [-0.05, 0) is 44.6 Å². The number of hydrogen-bond donors (Lipinski definition) is 1. The van der Waals surface area contributed by atoms with Gasteiger partial charge in [-0.25, -0.2) is 0 Å². The first-order valence-electron chi connectivity index (χ1n) is 6.72. The van der Waals surface area contributed by atoms with Gasteiger partial charge in [0.1, 0.15) is 0 Å². The van der Waals surface area contributed by atoms with E-state index in [1.807, 2.05) is 0 Å². The fraction of sp³-hybridized carbons (Fsp3) is 0.857. The van der Waals surface area contributed by atoms with E-state index in [-0.39, 0.29) is 18.9 Å². The fourth-order valence-electron chi connectivity index (χ4n) is 2.71. The highest BCUT2D eigenvalue weighted by Crippen LogP contribution is 2.40. The minimum Gasteiger partial charge on any atom is -0.313 e. The van der Waals surface area contributed by atoms with E-state index in [0.29, 0.717) is 25.2 Å². The quantitative estimate of drug-likeness (QED) is 0.743. The monoisotopic (exact) mass is 261 g/mol. The van der Waals surface area contributed by atoms with Crippen molar-refractivity contribution in [3.8, 4) is 12.3 Å². The zero-order valence-electron chi connectivity index (χ0n) is 10.9. The van der Waals surface area contributed by atoms with Gasteiger partial charge >= 0.3 is 6.18 Å². The lowest BCUT2D eigenvalue weighted by molar-refractivity contribution is -0.184. The zero-order valence-corrected chi connectivity index (χ0v) is 10.9. The third-order valence-electron chi connectivity index (χ3n) is 3.80. The Balaban J connectivity index is 2.46. The number of hydrogen-bond acceptors (Lipinski definition) is 1.